The van der Waals surface area contributed by atoms with Gasteiger partial charge in [0.2, 0.25) is 0 Å². The predicted octanol–water partition coefficient (Wildman–Crippen LogP) is 7.90. The van der Waals surface area contributed by atoms with Gasteiger partial charge < -0.3 is 5.11 Å². The minimum absolute atomic E-state index is 0.119. The molecule has 1 aliphatic carbocycles. The lowest BCUT2D eigenvalue weighted by atomic mass is 9.71. The molecule has 1 aliphatic rings. The number of ketones is 1. The Kier molecular flexibility index (Phi) is 5.56. The summed E-state index contributed by atoms with van der Waals surface area (Å²) in [6, 6.07) is 4.13. The molecule has 0 saturated carbocycles. The van der Waals surface area contributed by atoms with Crippen LogP contribution in [0.2, 0.25) is 0 Å². The molecule has 0 saturated heterocycles. The van der Waals surface area contributed by atoms with E-state index in [2.05, 4.69) is 41.5 Å². The van der Waals surface area contributed by atoms with Gasteiger partial charge >= 0.3 is 0 Å². The van der Waals surface area contributed by atoms with Crippen LogP contribution >= 0.6 is 0 Å². The van der Waals surface area contributed by atoms with Crippen molar-refractivity contribution in [1.29, 1.82) is 0 Å². The van der Waals surface area contributed by atoms with Crippen LogP contribution in [-0.2, 0) is 15.6 Å². The van der Waals surface area contributed by atoms with E-state index >= 15 is 0 Å². The molecule has 0 aliphatic heterocycles. The number of aromatic hydroxyl groups is 1. The largest absolute Gasteiger partial charge is 0.507 e. The van der Waals surface area contributed by atoms with Crippen LogP contribution in [-0.4, -0.2) is 10.9 Å². The average Bonchev–Trinajstić information content (AvgIpc) is 2.54. The van der Waals surface area contributed by atoms with Gasteiger partial charge in [-0.1, -0.05) is 83.1 Å². The average molecular weight is 425 g/mol. The summed E-state index contributed by atoms with van der Waals surface area (Å²) in [5.74, 6) is 0.101. The molecular weight excluding hydrogens is 380 g/mol. The second-order valence-corrected chi connectivity index (χ2v) is 12.9. The van der Waals surface area contributed by atoms with Crippen molar-refractivity contribution < 1.29 is 12.6 Å². The van der Waals surface area contributed by atoms with Crippen molar-refractivity contribution in [1.82, 2.24) is 0 Å². The topological polar surface area (TPSA) is 37.3 Å². The molecule has 0 spiro atoms. The summed E-state index contributed by atoms with van der Waals surface area (Å²) in [6.07, 6.45) is 1.85. The highest BCUT2D eigenvalue weighted by atomic mass is 16.3. The van der Waals surface area contributed by atoms with E-state index < -0.39 is 10.8 Å². The number of benzene rings is 1. The molecule has 0 radical (unpaired) electrons. The van der Waals surface area contributed by atoms with Crippen LogP contribution in [0.15, 0.2) is 41.0 Å². The van der Waals surface area contributed by atoms with E-state index in [1.807, 2.05) is 59.8 Å². The number of phenolic OH excluding ortho intramolecular Hbond substituents is 1. The standard InChI is InChI=1S/C29H42O2/c1-26(2,3)20-14-18(15-21(24(20)30)27(4,5)6)13-19-16-22(28(7,8)9)25(31)23(17-19)29(10,11)12/h13-17,30H,1-12H3/i16D,17D. The maximum absolute atomic E-state index is 13.4. The quantitative estimate of drug-likeness (QED) is 0.497. The Labute approximate surface area is 193 Å². The van der Waals surface area contributed by atoms with Crippen LogP contribution in [0.4, 0.5) is 0 Å². The van der Waals surface area contributed by atoms with E-state index in [0.29, 0.717) is 22.5 Å². The third kappa shape index (κ3) is 5.59. The van der Waals surface area contributed by atoms with Crippen molar-refractivity contribution in [2.75, 3.05) is 0 Å². The van der Waals surface area contributed by atoms with Gasteiger partial charge in [-0.15, -0.1) is 0 Å². The highest BCUT2D eigenvalue weighted by molar-refractivity contribution is 6.12. The van der Waals surface area contributed by atoms with Crippen LogP contribution in [0.3, 0.4) is 0 Å². The van der Waals surface area contributed by atoms with Crippen LogP contribution in [0.5, 0.6) is 5.75 Å². The maximum Gasteiger partial charge on any atom is 0.186 e. The van der Waals surface area contributed by atoms with Crippen molar-refractivity contribution >= 4 is 11.9 Å². The monoisotopic (exact) mass is 424 g/mol. The highest BCUT2D eigenvalue weighted by Gasteiger charge is 2.34. The Morgan fingerprint density at radius 2 is 1.06 bits per heavy atom. The third-order valence-electron chi connectivity index (χ3n) is 5.53. The minimum Gasteiger partial charge on any atom is -0.507 e. The molecule has 0 atom stereocenters. The van der Waals surface area contributed by atoms with Crippen molar-refractivity contribution in [3.8, 4) is 5.75 Å². The van der Waals surface area contributed by atoms with E-state index in [1.54, 1.807) is 0 Å². The molecule has 31 heavy (non-hydrogen) atoms. The SMILES string of the molecule is [2H]C1=C(C(C)(C)C)C(=O)C(C(C)(C)C)=C([2H])C1=Cc1cc(C(C)(C)C)c(O)c(C(C)(C)C)c1. The molecule has 0 bridgehead atoms. The summed E-state index contributed by atoms with van der Waals surface area (Å²) in [5.41, 5.74) is 2.21. The van der Waals surface area contributed by atoms with Crippen molar-refractivity contribution in [3.05, 3.63) is 57.6 Å². The second-order valence-electron chi connectivity index (χ2n) is 12.9. The Bertz CT molecular complexity index is 994. The molecule has 0 amide bonds. The molecule has 2 rings (SSSR count). The van der Waals surface area contributed by atoms with E-state index in [0.717, 1.165) is 16.7 Å². The van der Waals surface area contributed by atoms with Crippen molar-refractivity contribution in [2.45, 2.75) is 93.9 Å². The number of hydrogen-bond donors (Lipinski definition) is 1. The Morgan fingerprint density at radius 1 is 0.710 bits per heavy atom. The van der Waals surface area contributed by atoms with E-state index in [-0.39, 0.29) is 28.7 Å². The Morgan fingerprint density at radius 3 is 1.35 bits per heavy atom. The Balaban J connectivity index is 2.98. The summed E-state index contributed by atoms with van der Waals surface area (Å²) in [6.45, 7) is 24.0. The fourth-order valence-corrected chi connectivity index (χ4v) is 3.72. The predicted molar refractivity (Wildman–Crippen MR) is 134 cm³/mol. The fourth-order valence-electron chi connectivity index (χ4n) is 3.72. The van der Waals surface area contributed by atoms with E-state index in [9.17, 15) is 9.90 Å². The molecule has 0 unspecified atom stereocenters. The molecule has 2 heteroatoms. The molecule has 1 N–H and O–H groups in total. The molecule has 0 heterocycles. The molecule has 1 aromatic carbocycles. The molecule has 0 fully saturated rings. The van der Waals surface area contributed by atoms with Gasteiger partial charge in [0.15, 0.2) is 5.78 Å². The van der Waals surface area contributed by atoms with Crippen molar-refractivity contribution in [2.24, 2.45) is 10.8 Å². The second kappa shape index (κ2) is 7.80. The first-order valence-electron chi connectivity index (χ1n) is 12.2. The summed E-state index contributed by atoms with van der Waals surface area (Å²) in [5, 5.41) is 11.1. The summed E-state index contributed by atoms with van der Waals surface area (Å²) in [4.78, 5) is 13.4. The zero-order chi connectivity index (χ0) is 25.9. The molecule has 0 aromatic heterocycles. The van der Waals surface area contributed by atoms with Gasteiger partial charge in [-0.3, -0.25) is 4.79 Å². The van der Waals surface area contributed by atoms with Gasteiger partial charge in [0, 0.05) is 22.3 Å². The van der Waals surface area contributed by atoms with E-state index in [1.165, 1.54) is 0 Å². The number of carbonyl (C=O) groups excluding carboxylic acids is 1. The summed E-state index contributed by atoms with van der Waals surface area (Å²) in [7, 11) is 0. The molecule has 170 valence electrons. The number of Topliss-reactive ketones (excluding diaryl/α,β-unsaturated/α-hetero) is 1. The molecular formula is C29H42O2. The molecule has 2 nitrogen and oxygen atoms in total. The number of rotatable bonds is 1. The zero-order valence-electron chi connectivity index (χ0n) is 23.6. The van der Waals surface area contributed by atoms with Crippen molar-refractivity contribution in [3.63, 3.8) is 0 Å². The Hall–Kier alpha value is -2.09. The maximum atomic E-state index is 13.4. The summed E-state index contributed by atoms with van der Waals surface area (Å²) < 4.78 is 17.9. The van der Waals surface area contributed by atoms with Crippen LogP contribution < -0.4 is 0 Å². The van der Waals surface area contributed by atoms with Crippen LogP contribution in [0.1, 0.15) is 103 Å². The first-order valence-corrected chi connectivity index (χ1v) is 11.2. The lowest BCUT2D eigenvalue weighted by Crippen LogP contribution is -2.27. The van der Waals surface area contributed by atoms with Gasteiger partial charge in [0.05, 0.1) is 2.74 Å². The van der Waals surface area contributed by atoms with Gasteiger partial charge in [-0.2, -0.15) is 0 Å². The number of allylic oxidation sites excluding steroid dienone is 5. The van der Waals surface area contributed by atoms with Gasteiger partial charge in [-0.25, -0.2) is 0 Å². The first kappa shape index (κ1) is 22.1. The van der Waals surface area contributed by atoms with Gasteiger partial charge in [0.25, 0.3) is 0 Å². The smallest absolute Gasteiger partial charge is 0.186 e. The lowest BCUT2D eigenvalue weighted by molar-refractivity contribution is -0.114. The highest BCUT2D eigenvalue weighted by Crippen LogP contribution is 2.42. The lowest BCUT2D eigenvalue weighted by Gasteiger charge is -2.31. The number of hydrogen-bond acceptors (Lipinski definition) is 2. The minimum atomic E-state index is -0.521. The van der Waals surface area contributed by atoms with Crippen LogP contribution in [0.25, 0.3) is 6.08 Å². The first-order chi connectivity index (χ1) is 14.6. The zero-order valence-corrected chi connectivity index (χ0v) is 21.6. The van der Waals surface area contributed by atoms with Crippen LogP contribution in [0, 0.1) is 10.8 Å². The number of carbonyl (C=O) groups is 1. The summed E-state index contributed by atoms with van der Waals surface area (Å²) >= 11 is 0. The number of phenols is 1. The normalized spacial score (nSPS) is 17.8. The third-order valence-corrected chi connectivity index (χ3v) is 5.53. The fraction of sp³-hybridized carbons (Fsp3) is 0.552. The van der Waals surface area contributed by atoms with Gasteiger partial charge in [0.1, 0.15) is 5.75 Å². The molecule has 1 aromatic rings. The van der Waals surface area contributed by atoms with E-state index in [4.69, 9.17) is 2.74 Å². The van der Waals surface area contributed by atoms with Gasteiger partial charge in [-0.05, 0) is 63.1 Å².